The molecule has 2 fully saturated rings. The number of piperidine rings is 2. The van der Waals surface area contributed by atoms with Crippen LogP contribution in [0.25, 0.3) is 0 Å². The van der Waals surface area contributed by atoms with Crippen LogP contribution < -0.4 is 5.56 Å². The molecule has 2 saturated heterocycles. The maximum Gasteiger partial charge on any atom is 0.251 e. The Bertz CT molecular complexity index is 828. The van der Waals surface area contributed by atoms with Gasteiger partial charge in [0, 0.05) is 69.9 Å². The molecular weight excluding hydrogens is 370 g/mol. The molecular formula is C22H31N3O4. The van der Waals surface area contributed by atoms with Crippen molar-refractivity contribution in [3.05, 3.63) is 34.2 Å². The van der Waals surface area contributed by atoms with E-state index in [1.165, 1.54) is 0 Å². The molecule has 29 heavy (non-hydrogen) atoms. The van der Waals surface area contributed by atoms with Gasteiger partial charge in [-0.05, 0) is 38.2 Å². The minimum Gasteiger partial charge on any atom is -0.381 e. The fourth-order valence-corrected chi connectivity index (χ4v) is 5.30. The fourth-order valence-electron chi connectivity index (χ4n) is 5.30. The Labute approximate surface area is 171 Å². The summed E-state index contributed by atoms with van der Waals surface area (Å²) in [6, 6.07) is 4.74. The highest BCUT2D eigenvalue weighted by Crippen LogP contribution is 2.42. The lowest BCUT2D eigenvalue weighted by Crippen LogP contribution is -2.55. The molecule has 0 spiro atoms. The molecule has 3 atom stereocenters. The number of carbonyl (C=O) groups excluding carboxylic acids is 2. The standard InChI is InChI=1S/C22H31N3O4/c1-3-29-14-16-7-9-23(10-8-16)22(28)21-18-11-17(12-24(13-18)15(2)26)19-5-4-6-20(27)25(19)21/h4-6,16-18,21H,3,7-14H2,1-2H3/t17-,18+,21-/m1/s1. The van der Waals surface area contributed by atoms with Gasteiger partial charge in [0.25, 0.3) is 5.56 Å². The quantitative estimate of drug-likeness (QED) is 0.769. The molecule has 7 nitrogen and oxygen atoms in total. The Morgan fingerprint density at radius 1 is 1.14 bits per heavy atom. The molecule has 0 saturated carbocycles. The van der Waals surface area contributed by atoms with Crippen LogP contribution in [0.5, 0.6) is 0 Å². The lowest BCUT2D eigenvalue weighted by atomic mass is 9.77. The highest BCUT2D eigenvalue weighted by atomic mass is 16.5. The summed E-state index contributed by atoms with van der Waals surface area (Å²) in [5.74, 6) is 0.664. The number of likely N-dealkylation sites (tertiary alicyclic amines) is 2. The monoisotopic (exact) mass is 401 g/mol. The zero-order chi connectivity index (χ0) is 20.5. The third kappa shape index (κ3) is 3.84. The topological polar surface area (TPSA) is 71.8 Å². The van der Waals surface area contributed by atoms with Crippen LogP contribution in [-0.2, 0) is 14.3 Å². The number of ether oxygens (including phenoxy) is 1. The SMILES string of the molecule is CCOCC1CCN(C(=O)[C@H]2[C@H]3C[C@H](CN(C(C)=O)C3)c3cccc(=O)n32)CC1. The van der Waals surface area contributed by atoms with Crippen LogP contribution in [0, 0.1) is 11.8 Å². The van der Waals surface area contributed by atoms with E-state index in [4.69, 9.17) is 4.74 Å². The van der Waals surface area contributed by atoms with Gasteiger partial charge >= 0.3 is 0 Å². The average molecular weight is 402 g/mol. The second kappa shape index (κ2) is 8.30. The molecule has 0 aliphatic carbocycles. The second-order valence-corrected chi connectivity index (χ2v) is 8.65. The largest absolute Gasteiger partial charge is 0.381 e. The van der Waals surface area contributed by atoms with Gasteiger partial charge < -0.3 is 14.5 Å². The van der Waals surface area contributed by atoms with E-state index in [0.717, 1.165) is 38.2 Å². The van der Waals surface area contributed by atoms with Gasteiger partial charge in [-0.3, -0.25) is 19.0 Å². The van der Waals surface area contributed by atoms with Gasteiger partial charge in [-0.2, -0.15) is 0 Å². The number of fused-ring (bicyclic) bond motifs is 4. The fraction of sp³-hybridized carbons (Fsp3) is 0.682. The van der Waals surface area contributed by atoms with Crippen LogP contribution in [0.2, 0.25) is 0 Å². The van der Waals surface area contributed by atoms with E-state index in [9.17, 15) is 14.4 Å². The first-order valence-electron chi connectivity index (χ1n) is 10.8. The Hall–Kier alpha value is -2.15. The molecule has 4 rings (SSSR count). The lowest BCUT2D eigenvalue weighted by molar-refractivity contribution is -0.143. The van der Waals surface area contributed by atoms with E-state index < -0.39 is 6.04 Å². The summed E-state index contributed by atoms with van der Waals surface area (Å²) >= 11 is 0. The van der Waals surface area contributed by atoms with E-state index in [1.807, 2.05) is 22.8 Å². The predicted molar refractivity (Wildman–Crippen MR) is 109 cm³/mol. The summed E-state index contributed by atoms with van der Waals surface area (Å²) in [7, 11) is 0. The van der Waals surface area contributed by atoms with E-state index >= 15 is 0 Å². The van der Waals surface area contributed by atoms with Crippen molar-refractivity contribution in [1.29, 1.82) is 0 Å². The number of aromatic nitrogens is 1. The van der Waals surface area contributed by atoms with Crippen molar-refractivity contribution in [1.82, 2.24) is 14.4 Å². The zero-order valence-corrected chi connectivity index (χ0v) is 17.4. The van der Waals surface area contributed by atoms with Gasteiger partial charge in [0.2, 0.25) is 11.8 Å². The zero-order valence-electron chi connectivity index (χ0n) is 17.4. The maximum atomic E-state index is 13.6. The summed E-state index contributed by atoms with van der Waals surface area (Å²) < 4.78 is 7.28. The third-order valence-electron chi connectivity index (χ3n) is 6.83. The summed E-state index contributed by atoms with van der Waals surface area (Å²) in [5, 5.41) is 0. The first kappa shape index (κ1) is 20.1. The summed E-state index contributed by atoms with van der Waals surface area (Å²) in [5.41, 5.74) is 0.780. The van der Waals surface area contributed by atoms with Crippen molar-refractivity contribution >= 4 is 11.8 Å². The molecule has 0 aromatic carbocycles. The molecule has 7 heteroatoms. The normalized spacial score (nSPS) is 26.9. The van der Waals surface area contributed by atoms with Crippen molar-refractivity contribution in [2.75, 3.05) is 39.4 Å². The number of rotatable bonds is 4. The van der Waals surface area contributed by atoms with Crippen molar-refractivity contribution in [3.8, 4) is 0 Å². The Balaban J connectivity index is 1.59. The van der Waals surface area contributed by atoms with Crippen molar-refractivity contribution in [2.45, 2.75) is 45.1 Å². The van der Waals surface area contributed by atoms with Crippen molar-refractivity contribution in [3.63, 3.8) is 0 Å². The number of pyridine rings is 1. The lowest BCUT2D eigenvalue weighted by Gasteiger charge is -2.47. The number of amides is 2. The number of nitrogens with zero attached hydrogens (tertiary/aromatic N) is 3. The molecule has 158 valence electrons. The summed E-state index contributed by atoms with van der Waals surface area (Å²) in [4.78, 5) is 42.2. The van der Waals surface area contributed by atoms with Gasteiger partial charge in [0.05, 0.1) is 0 Å². The second-order valence-electron chi connectivity index (χ2n) is 8.65. The van der Waals surface area contributed by atoms with E-state index in [2.05, 4.69) is 0 Å². The molecule has 1 aromatic rings. The molecule has 3 aliphatic rings. The summed E-state index contributed by atoms with van der Waals surface area (Å²) in [6.45, 7) is 7.63. The highest BCUT2D eigenvalue weighted by Gasteiger charge is 2.45. The van der Waals surface area contributed by atoms with Gasteiger partial charge in [-0.25, -0.2) is 0 Å². The third-order valence-corrected chi connectivity index (χ3v) is 6.83. The van der Waals surface area contributed by atoms with Crippen LogP contribution in [0.3, 0.4) is 0 Å². The highest BCUT2D eigenvalue weighted by molar-refractivity contribution is 5.82. The first-order chi connectivity index (χ1) is 14.0. The predicted octanol–water partition coefficient (Wildman–Crippen LogP) is 1.63. The Morgan fingerprint density at radius 3 is 2.59 bits per heavy atom. The smallest absolute Gasteiger partial charge is 0.251 e. The van der Waals surface area contributed by atoms with Gasteiger partial charge in [0.15, 0.2) is 0 Å². The summed E-state index contributed by atoms with van der Waals surface area (Å²) in [6.07, 6.45) is 2.72. The molecule has 0 unspecified atom stereocenters. The van der Waals surface area contributed by atoms with Crippen molar-refractivity contribution < 1.29 is 14.3 Å². The van der Waals surface area contributed by atoms with E-state index in [0.29, 0.717) is 32.1 Å². The molecule has 3 aliphatic heterocycles. The van der Waals surface area contributed by atoms with Gasteiger partial charge in [-0.1, -0.05) is 6.07 Å². The number of carbonyl (C=O) groups is 2. The Morgan fingerprint density at radius 2 is 1.90 bits per heavy atom. The van der Waals surface area contributed by atoms with Crippen LogP contribution in [-0.4, -0.2) is 65.6 Å². The number of hydrogen-bond acceptors (Lipinski definition) is 4. The molecule has 2 amide bonds. The average Bonchev–Trinajstić information content (AvgIpc) is 2.73. The van der Waals surface area contributed by atoms with Crippen LogP contribution in [0.15, 0.2) is 23.0 Å². The molecule has 2 bridgehead atoms. The Kier molecular flexibility index (Phi) is 5.76. The molecule has 4 heterocycles. The van der Waals surface area contributed by atoms with Gasteiger partial charge in [0.1, 0.15) is 6.04 Å². The van der Waals surface area contributed by atoms with E-state index in [-0.39, 0.29) is 29.2 Å². The molecule has 0 radical (unpaired) electrons. The number of hydrogen-bond donors (Lipinski definition) is 0. The first-order valence-corrected chi connectivity index (χ1v) is 10.8. The van der Waals surface area contributed by atoms with E-state index in [1.54, 1.807) is 23.6 Å². The minimum atomic E-state index is -0.513. The maximum absolute atomic E-state index is 13.6. The molecule has 0 N–H and O–H groups in total. The van der Waals surface area contributed by atoms with Gasteiger partial charge in [-0.15, -0.1) is 0 Å². The van der Waals surface area contributed by atoms with Crippen molar-refractivity contribution in [2.24, 2.45) is 11.8 Å². The molecule has 1 aromatic heterocycles. The minimum absolute atomic E-state index is 0.0149. The van der Waals surface area contributed by atoms with Crippen LogP contribution in [0.1, 0.15) is 50.8 Å². The van der Waals surface area contributed by atoms with Crippen LogP contribution in [0.4, 0.5) is 0 Å². The van der Waals surface area contributed by atoms with Crippen LogP contribution >= 0.6 is 0 Å².